The van der Waals surface area contributed by atoms with Crippen molar-refractivity contribution in [3.05, 3.63) is 22.2 Å². The molecule has 1 saturated carbocycles. The third-order valence-corrected chi connectivity index (χ3v) is 8.87. The van der Waals surface area contributed by atoms with Crippen LogP contribution in [0.5, 0.6) is 0 Å². The maximum atomic E-state index is 8.11. The fourth-order valence-electron chi connectivity index (χ4n) is 3.08. The second kappa shape index (κ2) is 6.30. The first-order valence-electron chi connectivity index (χ1n) is 6.41. The highest BCUT2D eigenvalue weighted by atomic mass is 35.5. The quantitative estimate of drug-likeness (QED) is 0.454. The standard InChI is InChI=1S/C10H5Cl7.C3H8O2/c11-4-2-1-3-5(4)9(15)7(13)6(12)8(3,14)10(9,16)17;1-3(5)2-4/h1-5H;3-5H,2H2,1H3. The number of allylic oxidation sites excluding steroid dienone is 4. The van der Waals surface area contributed by atoms with Crippen LogP contribution in [0.25, 0.3) is 0 Å². The summed E-state index contributed by atoms with van der Waals surface area (Å²) in [5.74, 6) is -0.470. The van der Waals surface area contributed by atoms with Crippen molar-refractivity contribution < 1.29 is 10.2 Å². The van der Waals surface area contributed by atoms with Gasteiger partial charge in [-0.1, -0.05) is 58.6 Å². The average molecular weight is 449 g/mol. The fraction of sp³-hybridized carbons (Fsp3) is 0.692. The Kier molecular flexibility index (Phi) is 5.66. The van der Waals surface area contributed by atoms with Crippen LogP contribution >= 0.6 is 81.2 Å². The number of aliphatic hydroxyl groups excluding tert-OH is 2. The molecule has 2 bridgehead atoms. The third-order valence-electron chi connectivity index (χ3n) is 4.16. The lowest BCUT2D eigenvalue weighted by Gasteiger charge is -2.34. The smallest absolute Gasteiger partial charge is 0.167 e. The molecule has 6 atom stereocenters. The molecule has 2 N–H and O–H groups in total. The maximum absolute atomic E-state index is 8.11. The summed E-state index contributed by atoms with van der Waals surface area (Å²) in [7, 11) is 0. The SMILES string of the molecule is CC(O)CO.ClC1=C(Cl)C2(Cl)C3C(Cl)C=CC3C1(Cl)C2(Cl)Cl. The average Bonchev–Trinajstić information content (AvgIpc) is 2.93. The molecule has 0 amide bonds. The molecule has 22 heavy (non-hydrogen) atoms. The van der Waals surface area contributed by atoms with Gasteiger partial charge in [0.2, 0.25) is 0 Å². The topological polar surface area (TPSA) is 40.5 Å². The Hall–Kier alpha value is 1.43. The van der Waals surface area contributed by atoms with Crippen molar-refractivity contribution in [2.75, 3.05) is 6.61 Å². The number of alkyl halides is 5. The highest BCUT2D eigenvalue weighted by Crippen LogP contribution is 2.78. The zero-order valence-corrected chi connectivity index (χ0v) is 16.5. The lowest BCUT2D eigenvalue weighted by Crippen LogP contribution is -2.45. The first-order valence-corrected chi connectivity index (χ1v) is 9.11. The van der Waals surface area contributed by atoms with Gasteiger partial charge in [-0.15, -0.1) is 34.8 Å². The molecule has 3 aliphatic carbocycles. The van der Waals surface area contributed by atoms with E-state index in [9.17, 15) is 0 Å². The molecule has 0 spiro atoms. The molecular formula is C13H13Cl7O2. The number of halogens is 7. The molecule has 2 nitrogen and oxygen atoms in total. The highest BCUT2D eigenvalue weighted by Gasteiger charge is 2.83. The summed E-state index contributed by atoms with van der Waals surface area (Å²) >= 11 is 44.5. The summed E-state index contributed by atoms with van der Waals surface area (Å²) in [5.41, 5.74) is 0. The molecule has 126 valence electrons. The first-order chi connectivity index (χ1) is 9.97. The van der Waals surface area contributed by atoms with Crippen molar-refractivity contribution >= 4 is 81.2 Å². The first kappa shape index (κ1) is 19.8. The van der Waals surface area contributed by atoms with E-state index in [0.29, 0.717) is 0 Å². The van der Waals surface area contributed by atoms with Gasteiger partial charge in [0.15, 0.2) is 4.33 Å². The van der Waals surface area contributed by atoms with Crippen molar-refractivity contribution in [2.24, 2.45) is 11.8 Å². The summed E-state index contributed by atoms with van der Waals surface area (Å²) in [6.45, 7) is 1.39. The van der Waals surface area contributed by atoms with Crippen molar-refractivity contribution in [2.45, 2.75) is 32.5 Å². The van der Waals surface area contributed by atoms with Crippen LogP contribution in [0, 0.1) is 11.8 Å². The van der Waals surface area contributed by atoms with E-state index in [4.69, 9.17) is 91.4 Å². The minimum absolute atomic E-state index is 0.139. The zero-order valence-electron chi connectivity index (χ0n) is 11.2. The summed E-state index contributed by atoms with van der Waals surface area (Å²) in [6.07, 6.45) is 3.13. The zero-order chi connectivity index (χ0) is 17.1. The molecule has 0 saturated heterocycles. The van der Waals surface area contributed by atoms with E-state index >= 15 is 0 Å². The maximum Gasteiger partial charge on any atom is 0.167 e. The van der Waals surface area contributed by atoms with Crippen molar-refractivity contribution in [3.63, 3.8) is 0 Å². The Balaban J connectivity index is 0.000000309. The Morgan fingerprint density at radius 2 is 1.55 bits per heavy atom. The predicted octanol–water partition coefficient (Wildman–Crippen LogP) is 4.60. The van der Waals surface area contributed by atoms with E-state index in [0.717, 1.165) is 0 Å². The van der Waals surface area contributed by atoms with Gasteiger partial charge in [0.25, 0.3) is 0 Å². The molecule has 6 unspecified atom stereocenters. The highest BCUT2D eigenvalue weighted by molar-refractivity contribution is 6.66. The van der Waals surface area contributed by atoms with E-state index < -0.39 is 20.2 Å². The van der Waals surface area contributed by atoms with E-state index in [2.05, 4.69) is 0 Å². The Labute approximate surface area is 163 Å². The summed E-state index contributed by atoms with van der Waals surface area (Å²) < 4.78 is -1.48. The largest absolute Gasteiger partial charge is 0.394 e. The third kappa shape index (κ3) is 2.29. The minimum Gasteiger partial charge on any atom is -0.394 e. The number of hydrogen-bond donors (Lipinski definition) is 2. The van der Waals surface area contributed by atoms with E-state index in [-0.39, 0.29) is 33.9 Å². The number of aliphatic hydroxyl groups is 2. The van der Waals surface area contributed by atoms with Crippen molar-refractivity contribution in [3.8, 4) is 0 Å². The predicted molar refractivity (Wildman–Crippen MR) is 94.9 cm³/mol. The molecule has 0 aromatic rings. The van der Waals surface area contributed by atoms with Crippen LogP contribution in [0.2, 0.25) is 0 Å². The van der Waals surface area contributed by atoms with Crippen LogP contribution in [-0.2, 0) is 0 Å². The van der Waals surface area contributed by atoms with Gasteiger partial charge in [0.1, 0.15) is 9.75 Å². The monoisotopic (exact) mass is 446 g/mol. The Morgan fingerprint density at radius 3 is 2.00 bits per heavy atom. The fourth-order valence-corrected chi connectivity index (χ4v) is 6.60. The molecule has 0 aromatic carbocycles. The second-order valence-corrected chi connectivity index (χ2v) is 9.32. The van der Waals surface area contributed by atoms with Crippen LogP contribution < -0.4 is 0 Å². The molecule has 3 rings (SSSR count). The molecule has 0 heterocycles. The second-order valence-electron chi connectivity index (χ2n) is 5.54. The lowest BCUT2D eigenvalue weighted by atomic mass is 9.84. The van der Waals surface area contributed by atoms with E-state index in [1.165, 1.54) is 6.92 Å². The van der Waals surface area contributed by atoms with Crippen LogP contribution in [0.3, 0.4) is 0 Å². The van der Waals surface area contributed by atoms with Crippen LogP contribution in [-0.4, -0.2) is 42.4 Å². The van der Waals surface area contributed by atoms with Gasteiger partial charge < -0.3 is 10.2 Å². The van der Waals surface area contributed by atoms with Gasteiger partial charge in [-0.05, 0) is 6.92 Å². The van der Waals surface area contributed by atoms with E-state index in [1.54, 1.807) is 0 Å². The Morgan fingerprint density at radius 1 is 1.09 bits per heavy atom. The molecule has 0 aromatic heterocycles. The van der Waals surface area contributed by atoms with Gasteiger partial charge in [-0.25, -0.2) is 0 Å². The van der Waals surface area contributed by atoms with Crippen LogP contribution in [0.1, 0.15) is 6.92 Å². The lowest BCUT2D eigenvalue weighted by molar-refractivity contribution is 0.110. The molecule has 0 aliphatic heterocycles. The van der Waals surface area contributed by atoms with Gasteiger partial charge in [0.05, 0.1) is 28.2 Å². The van der Waals surface area contributed by atoms with Gasteiger partial charge in [-0.3, -0.25) is 0 Å². The molecular weight excluding hydrogens is 436 g/mol. The molecule has 1 fully saturated rings. The number of rotatable bonds is 1. The van der Waals surface area contributed by atoms with Gasteiger partial charge in [-0.2, -0.15) is 0 Å². The van der Waals surface area contributed by atoms with Crippen molar-refractivity contribution in [1.29, 1.82) is 0 Å². The molecule has 0 radical (unpaired) electrons. The van der Waals surface area contributed by atoms with Crippen molar-refractivity contribution in [1.82, 2.24) is 0 Å². The normalized spacial score (nSPS) is 45.6. The molecule has 3 aliphatic rings. The van der Waals surface area contributed by atoms with Crippen LogP contribution in [0.15, 0.2) is 22.2 Å². The summed E-state index contributed by atoms with van der Waals surface area (Å²) in [4.78, 5) is -2.45. The summed E-state index contributed by atoms with van der Waals surface area (Å²) in [5, 5.41) is 16.1. The minimum atomic E-state index is -1.48. The molecule has 9 heteroatoms. The van der Waals surface area contributed by atoms with E-state index in [1.807, 2.05) is 12.2 Å². The van der Waals surface area contributed by atoms with Crippen LogP contribution in [0.4, 0.5) is 0 Å². The number of fused-ring (bicyclic) bond motifs is 5. The van der Waals surface area contributed by atoms with Gasteiger partial charge >= 0.3 is 0 Å². The number of hydrogen-bond acceptors (Lipinski definition) is 2. The Bertz CT molecular complexity index is 532. The van der Waals surface area contributed by atoms with Gasteiger partial charge in [0, 0.05) is 11.8 Å². The summed E-state index contributed by atoms with van der Waals surface area (Å²) in [6, 6.07) is 0.